The highest BCUT2D eigenvalue weighted by Gasteiger charge is 2.26. The van der Waals surface area contributed by atoms with Gasteiger partial charge in [-0.15, -0.1) is 0 Å². The first-order valence-electron chi connectivity index (χ1n) is 6.64. The predicted octanol–water partition coefficient (Wildman–Crippen LogP) is -0.0873. The third kappa shape index (κ3) is 4.60. The molecule has 0 aromatic rings. The fraction of sp³-hybridized carbons (Fsp3) is 1.00. The molecule has 0 spiro atoms. The van der Waals surface area contributed by atoms with Gasteiger partial charge >= 0.3 is 0 Å². The zero-order valence-corrected chi connectivity index (χ0v) is 12.3. The number of unbranched alkanes of at least 4 members (excludes halogenated alkanes) is 1. The molecule has 1 saturated carbocycles. The average Bonchev–Trinajstić information content (AvgIpc) is 3.13. The molecule has 1 saturated heterocycles. The molecule has 2 aliphatic rings. The lowest BCUT2D eigenvalue weighted by atomic mass is 10.3. The van der Waals surface area contributed by atoms with Gasteiger partial charge in [0.05, 0.1) is 5.75 Å². The second-order valence-corrected chi connectivity index (χ2v) is 8.78. The van der Waals surface area contributed by atoms with Gasteiger partial charge in [0.1, 0.15) is 0 Å². The first-order chi connectivity index (χ1) is 8.58. The Labute approximate surface area is 112 Å². The highest BCUT2D eigenvalue weighted by Crippen LogP contribution is 2.18. The Morgan fingerprint density at radius 1 is 1.17 bits per heavy atom. The van der Waals surface area contributed by atoms with Gasteiger partial charge in [0.2, 0.25) is 10.0 Å². The molecule has 0 aromatic heterocycles. The Hall–Kier alpha value is 0.0200. The maximum atomic E-state index is 12.0. The van der Waals surface area contributed by atoms with Crippen molar-refractivity contribution in [3.63, 3.8) is 0 Å². The van der Waals surface area contributed by atoms with Crippen molar-refractivity contribution in [2.75, 3.05) is 36.9 Å². The third-order valence-electron chi connectivity index (χ3n) is 3.37. The van der Waals surface area contributed by atoms with Crippen LogP contribution in [0.1, 0.15) is 25.7 Å². The molecule has 18 heavy (non-hydrogen) atoms. The number of rotatable bonds is 7. The van der Waals surface area contributed by atoms with Crippen molar-refractivity contribution in [1.29, 1.82) is 0 Å². The number of nitrogens with zero attached hydrogens (tertiary/aromatic N) is 1. The van der Waals surface area contributed by atoms with Crippen molar-refractivity contribution in [2.45, 2.75) is 31.7 Å². The first-order valence-corrected chi connectivity index (χ1v) is 9.74. The van der Waals surface area contributed by atoms with E-state index in [4.69, 9.17) is 0 Å². The lowest BCUT2D eigenvalue weighted by molar-refractivity contribution is 0.437. The van der Waals surface area contributed by atoms with E-state index in [-0.39, 0.29) is 5.75 Å². The van der Waals surface area contributed by atoms with Crippen molar-refractivity contribution in [3.8, 4) is 0 Å². The monoisotopic (exact) mass is 294 g/mol. The summed E-state index contributed by atoms with van der Waals surface area (Å²) in [4.78, 5) is 0. The van der Waals surface area contributed by atoms with Crippen molar-refractivity contribution in [1.82, 2.24) is 9.62 Å². The van der Waals surface area contributed by atoms with Crippen LogP contribution >= 0.6 is 0 Å². The molecule has 0 unspecified atom stereocenters. The highest BCUT2D eigenvalue weighted by atomic mass is 32.2. The topological polar surface area (TPSA) is 66.5 Å². The Balaban J connectivity index is 1.64. The summed E-state index contributed by atoms with van der Waals surface area (Å²) in [5.41, 5.74) is 0. The summed E-state index contributed by atoms with van der Waals surface area (Å²) in [6, 6.07) is 0.693. The maximum absolute atomic E-state index is 12.0. The number of hydrogen-bond acceptors (Lipinski definition) is 4. The molecule has 0 bridgehead atoms. The van der Waals surface area contributed by atoms with E-state index in [9.17, 15) is 12.6 Å². The lowest BCUT2D eigenvalue weighted by Crippen LogP contribution is -2.42. The van der Waals surface area contributed by atoms with Crippen molar-refractivity contribution in [3.05, 3.63) is 0 Å². The van der Waals surface area contributed by atoms with E-state index in [2.05, 4.69) is 5.32 Å². The molecule has 0 aromatic carbocycles. The minimum absolute atomic E-state index is 0.228. The normalized spacial score (nSPS) is 23.3. The second kappa shape index (κ2) is 6.45. The molecule has 1 heterocycles. The van der Waals surface area contributed by atoms with E-state index in [1.165, 1.54) is 17.1 Å². The van der Waals surface area contributed by atoms with Gasteiger partial charge in [0.25, 0.3) is 0 Å². The van der Waals surface area contributed by atoms with Gasteiger partial charge in [-0.25, -0.2) is 12.7 Å². The Morgan fingerprint density at radius 3 is 2.44 bits per heavy atom. The van der Waals surface area contributed by atoms with Crippen LogP contribution in [-0.4, -0.2) is 59.9 Å². The standard InChI is InChI=1S/C11H22N2O3S2/c14-17-8-6-13(7-9-17)18(15,16)10-2-1-5-12-11-3-4-11/h11-12H,1-10H2. The summed E-state index contributed by atoms with van der Waals surface area (Å²) < 4.78 is 36.7. The summed E-state index contributed by atoms with van der Waals surface area (Å²) >= 11 is 0. The molecule has 5 nitrogen and oxygen atoms in total. The molecule has 0 amide bonds. The van der Waals surface area contributed by atoms with Crippen molar-refractivity contribution in [2.24, 2.45) is 0 Å². The smallest absolute Gasteiger partial charge is 0.214 e. The Morgan fingerprint density at radius 2 is 1.83 bits per heavy atom. The van der Waals surface area contributed by atoms with E-state index in [0.717, 1.165) is 13.0 Å². The summed E-state index contributed by atoms with van der Waals surface area (Å²) in [6.45, 7) is 1.77. The van der Waals surface area contributed by atoms with Crippen molar-refractivity contribution < 1.29 is 12.6 Å². The molecule has 7 heteroatoms. The van der Waals surface area contributed by atoms with Crippen LogP contribution in [0.4, 0.5) is 0 Å². The molecular weight excluding hydrogens is 272 g/mol. The van der Waals surface area contributed by atoms with Crippen LogP contribution in [0, 0.1) is 0 Å². The van der Waals surface area contributed by atoms with E-state index in [1.807, 2.05) is 0 Å². The van der Waals surface area contributed by atoms with E-state index in [1.54, 1.807) is 0 Å². The lowest BCUT2D eigenvalue weighted by Gasteiger charge is -2.25. The zero-order chi connectivity index (χ0) is 13.0. The average molecular weight is 294 g/mol. The largest absolute Gasteiger partial charge is 0.314 e. The van der Waals surface area contributed by atoms with E-state index >= 15 is 0 Å². The highest BCUT2D eigenvalue weighted by molar-refractivity contribution is 7.89. The number of hydrogen-bond donors (Lipinski definition) is 1. The van der Waals surface area contributed by atoms with Crippen LogP contribution in [0.5, 0.6) is 0 Å². The second-order valence-electron chi connectivity index (χ2n) is 5.00. The van der Waals surface area contributed by atoms with Gasteiger partial charge in [-0.1, -0.05) is 0 Å². The molecule has 0 radical (unpaired) electrons. The SMILES string of the molecule is O=S1CCN(S(=O)(=O)CCCCNC2CC2)CC1. The van der Waals surface area contributed by atoms with Gasteiger partial charge in [-0.2, -0.15) is 0 Å². The molecule has 106 valence electrons. The molecular formula is C11H22N2O3S2. The van der Waals surface area contributed by atoms with Crippen LogP contribution in [0.25, 0.3) is 0 Å². The molecule has 2 rings (SSSR count). The van der Waals surface area contributed by atoms with Crippen LogP contribution in [0.15, 0.2) is 0 Å². The van der Waals surface area contributed by atoms with E-state index in [0.29, 0.717) is 37.1 Å². The molecule has 0 atom stereocenters. The van der Waals surface area contributed by atoms with Crippen LogP contribution in [0.3, 0.4) is 0 Å². The Bertz CT molecular complexity index is 383. The van der Waals surface area contributed by atoms with Crippen molar-refractivity contribution >= 4 is 20.8 Å². The first kappa shape index (κ1) is 14.4. The summed E-state index contributed by atoms with van der Waals surface area (Å²) in [7, 11) is -3.94. The molecule has 2 fully saturated rings. The number of sulfonamides is 1. The van der Waals surface area contributed by atoms with Gasteiger partial charge in [-0.05, 0) is 32.2 Å². The summed E-state index contributed by atoms with van der Waals surface area (Å²) in [5, 5.41) is 3.38. The van der Waals surface area contributed by atoms with Crippen LogP contribution < -0.4 is 5.32 Å². The zero-order valence-electron chi connectivity index (χ0n) is 10.6. The molecule has 1 N–H and O–H groups in total. The van der Waals surface area contributed by atoms with Gasteiger partial charge < -0.3 is 5.32 Å². The van der Waals surface area contributed by atoms with Crippen LogP contribution in [0.2, 0.25) is 0 Å². The van der Waals surface area contributed by atoms with Gasteiger partial charge in [0.15, 0.2) is 0 Å². The third-order valence-corrected chi connectivity index (χ3v) is 6.60. The minimum Gasteiger partial charge on any atom is -0.314 e. The molecule has 1 aliphatic carbocycles. The minimum atomic E-state index is -3.12. The van der Waals surface area contributed by atoms with Gasteiger partial charge in [0, 0.05) is 41.4 Å². The van der Waals surface area contributed by atoms with E-state index < -0.39 is 20.8 Å². The maximum Gasteiger partial charge on any atom is 0.214 e. The summed E-state index contributed by atoms with van der Waals surface area (Å²) in [5.74, 6) is 1.21. The molecule has 1 aliphatic heterocycles. The predicted molar refractivity (Wildman–Crippen MR) is 73.5 cm³/mol. The van der Waals surface area contributed by atoms with Crippen LogP contribution in [-0.2, 0) is 20.8 Å². The summed E-state index contributed by atoms with van der Waals surface area (Å²) in [6.07, 6.45) is 4.16. The number of nitrogens with one attached hydrogen (secondary N) is 1. The fourth-order valence-corrected chi connectivity index (χ4v) is 4.88. The quantitative estimate of drug-likeness (QED) is 0.667. The Kier molecular flexibility index (Phi) is 5.17. The van der Waals surface area contributed by atoms with Gasteiger partial charge in [-0.3, -0.25) is 4.21 Å². The fourth-order valence-electron chi connectivity index (χ4n) is 2.03.